The fraction of sp³-hybridized carbons (Fsp3) is 0.143. The number of rotatable bonds is 6. The Morgan fingerprint density at radius 1 is 1.00 bits per heavy atom. The number of nitrogens with zero attached hydrogens (tertiary/aromatic N) is 3. The number of amides is 1. The molecule has 2 aromatic carbocycles. The molecule has 1 amide bonds. The Labute approximate surface area is 151 Å². The molecule has 0 aliphatic heterocycles. The molecule has 0 fully saturated rings. The Bertz CT molecular complexity index is 1020. The van der Waals surface area contributed by atoms with E-state index in [0.29, 0.717) is 19.5 Å². The molecule has 0 saturated carbocycles. The predicted octanol–water partition coefficient (Wildman–Crippen LogP) is 3.91. The first-order valence-corrected chi connectivity index (χ1v) is 8.68. The monoisotopic (exact) mass is 344 g/mol. The summed E-state index contributed by atoms with van der Waals surface area (Å²) in [5, 5.41) is 8.40. The number of aromatic nitrogens is 3. The lowest BCUT2D eigenvalue weighted by Gasteiger charge is -2.09. The molecule has 5 heteroatoms. The maximum Gasteiger partial charge on any atom is 0.226 e. The lowest BCUT2D eigenvalue weighted by atomic mass is 10.2. The molecule has 130 valence electrons. The van der Waals surface area contributed by atoms with Crippen LogP contribution in [0.15, 0.2) is 79.3 Å². The zero-order valence-corrected chi connectivity index (χ0v) is 14.4. The topological polar surface area (TPSA) is 51.9 Å². The van der Waals surface area contributed by atoms with E-state index in [1.165, 1.54) is 5.39 Å². The Hall–Kier alpha value is -3.34. The van der Waals surface area contributed by atoms with Crippen LogP contribution in [-0.4, -0.2) is 20.3 Å². The van der Waals surface area contributed by atoms with Gasteiger partial charge in [0, 0.05) is 42.8 Å². The molecule has 1 N–H and O–H groups in total. The summed E-state index contributed by atoms with van der Waals surface area (Å²) in [4.78, 5) is 12.3. The van der Waals surface area contributed by atoms with Gasteiger partial charge in [0.05, 0.1) is 6.54 Å². The third-order valence-electron chi connectivity index (χ3n) is 4.37. The Kier molecular flexibility index (Phi) is 4.51. The minimum absolute atomic E-state index is 0.0130. The van der Waals surface area contributed by atoms with Gasteiger partial charge >= 0.3 is 0 Å². The van der Waals surface area contributed by atoms with Crippen molar-refractivity contribution in [1.29, 1.82) is 0 Å². The van der Waals surface area contributed by atoms with Crippen molar-refractivity contribution in [3.63, 3.8) is 0 Å². The maximum absolute atomic E-state index is 12.3. The molecule has 2 aromatic heterocycles. The number of fused-ring (bicyclic) bond motifs is 1. The summed E-state index contributed by atoms with van der Waals surface area (Å²) in [7, 11) is 0. The predicted molar refractivity (Wildman–Crippen MR) is 103 cm³/mol. The number of anilines is 1. The molecule has 0 bridgehead atoms. The minimum Gasteiger partial charge on any atom is -0.347 e. The number of nitrogens with one attached hydrogen (secondary N) is 1. The average Bonchev–Trinajstić information content (AvgIpc) is 3.30. The van der Waals surface area contributed by atoms with Gasteiger partial charge in [0.25, 0.3) is 0 Å². The Morgan fingerprint density at radius 3 is 2.81 bits per heavy atom. The molecule has 0 unspecified atom stereocenters. The molecule has 0 aliphatic carbocycles. The van der Waals surface area contributed by atoms with Gasteiger partial charge in [0.2, 0.25) is 5.91 Å². The Balaban J connectivity index is 1.37. The van der Waals surface area contributed by atoms with Gasteiger partial charge in [-0.1, -0.05) is 30.3 Å². The SMILES string of the molecule is O=C(CCn1ccc2ccccc21)Nc1cccc(Cn2cccn2)c1. The number of benzene rings is 2. The van der Waals surface area contributed by atoms with Crippen LogP contribution in [0.4, 0.5) is 5.69 Å². The van der Waals surface area contributed by atoms with E-state index < -0.39 is 0 Å². The fourth-order valence-corrected chi connectivity index (χ4v) is 3.11. The average molecular weight is 344 g/mol. The van der Waals surface area contributed by atoms with Gasteiger partial charge in [-0.05, 0) is 41.3 Å². The van der Waals surface area contributed by atoms with Crippen molar-refractivity contribution in [3.05, 3.63) is 84.8 Å². The van der Waals surface area contributed by atoms with Crippen LogP contribution < -0.4 is 5.32 Å². The summed E-state index contributed by atoms with van der Waals surface area (Å²) in [6.07, 6.45) is 6.15. The smallest absolute Gasteiger partial charge is 0.226 e. The second-order valence-electron chi connectivity index (χ2n) is 6.27. The van der Waals surface area contributed by atoms with E-state index >= 15 is 0 Å². The molecule has 0 spiro atoms. The second-order valence-corrected chi connectivity index (χ2v) is 6.27. The largest absolute Gasteiger partial charge is 0.347 e. The van der Waals surface area contributed by atoms with Crippen molar-refractivity contribution in [1.82, 2.24) is 14.3 Å². The van der Waals surface area contributed by atoms with Crippen molar-refractivity contribution in [2.24, 2.45) is 0 Å². The van der Waals surface area contributed by atoms with Gasteiger partial charge in [0.15, 0.2) is 0 Å². The van der Waals surface area contributed by atoms with E-state index in [1.807, 2.05) is 59.5 Å². The van der Waals surface area contributed by atoms with Crippen LogP contribution in [0.1, 0.15) is 12.0 Å². The third-order valence-corrected chi connectivity index (χ3v) is 4.37. The van der Waals surface area contributed by atoms with Gasteiger partial charge < -0.3 is 9.88 Å². The van der Waals surface area contributed by atoms with Gasteiger partial charge in [-0.3, -0.25) is 9.48 Å². The van der Waals surface area contributed by atoms with Crippen molar-refractivity contribution in [2.45, 2.75) is 19.5 Å². The highest BCUT2D eigenvalue weighted by molar-refractivity contribution is 5.91. The zero-order chi connectivity index (χ0) is 17.8. The molecular formula is C21H20N4O. The van der Waals surface area contributed by atoms with Crippen LogP contribution in [0, 0.1) is 0 Å². The Morgan fingerprint density at radius 2 is 1.92 bits per heavy atom. The third kappa shape index (κ3) is 3.67. The van der Waals surface area contributed by atoms with E-state index in [9.17, 15) is 4.79 Å². The first-order chi connectivity index (χ1) is 12.8. The van der Waals surface area contributed by atoms with Gasteiger partial charge in [-0.15, -0.1) is 0 Å². The molecule has 0 saturated heterocycles. The molecule has 2 heterocycles. The standard InChI is InChI=1S/C21H20N4O/c26-21(10-14-24-13-9-18-6-1-2-8-20(18)24)23-19-7-3-5-17(15-19)16-25-12-4-11-22-25/h1-9,11-13,15H,10,14,16H2,(H,23,26). The number of carbonyl (C=O) groups is 1. The highest BCUT2D eigenvalue weighted by Crippen LogP contribution is 2.16. The van der Waals surface area contributed by atoms with E-state index in [-0.39, 0.29) is 5.91 Å². The minimum atomic E-state index is 0.0130. The highest BCUT2D eigenvalue weighted by Gasteiger charge is 2.06. The number of para-hydroxylation sites is 1. The molecule has 0 atom stereocenters. The van der Waals surface area contributed by atoms with E-state index in [1.54, 1.807) is 6.20 Å². The lowest BCUT2D eigenvalue weighted by Crippen LogP contribution is -2.14. The number of aryl methyl sites for hydroxylation is 1. The molecule has 5 nitrogen and oxygen atoms in total. The summed E-state index contributed by atoms with van der Waals surface area (Å²) >= 11 is 0. The summed E-state index contributed by atoms with van der Waals surface area (Å²) in [5.74, 6) is 0.0130. The van der Waals surface area contributed by atoms with Gasteiger partial charge in [-0.2, -0.15) is 5.10 Å². The summed E-state index contributed by atoms with van der Waals surface area (Å²) < 4.78 is 3.97. The maximum atomic E-state index is 12.3. The quantitative estimate of drug-likeness (QED) is 0.576. The summed E-state index contributed by atoms with van der Waals surface area (Å²) in [6, 6.07) is 20.1. The van der Waals surface area contributed by atoms with E-state index in [0.717, 1.165) is 16.8 Å². The normalized spacial score (nSPS) is 10.9. The van der Waals surface area contributed by atoms with Gasteiger partial charge in [0.1, 0.15) is 0 Å². The van der Waals surface area contributed by atoms with Gasteiger partial charge in [-0.25, -0.2) is 0 Å². The van der Waals surface area contributed by atoms with E-state index in [4.69, 9.17) is 0 Å². The van der Waals surface area contributed by atoms with Crippen molar-refractivity contribution < 1.29 is 4.79 Å². The zero-order valence-electron chi connectivity index (χ0n) is 14.4. The molecule has 4 aromatic rings. The highest BCUT2D eigenvalue weighted by atomic mass is 16.1. The van der Waals surface area contributed by atoms with Crippen LogP contribution in [0.2, 0.25) is 0 Å². The molecule has 4 rings (SSSR count). The van der Waals surface area contributed by atoms with Crippen molar-refractivity contribution in [3.8, 4) is 0 Å². The first-order valence-electron chi connectivity index (χ1n) is 8.68. The van der Waals surface area contributed by atoms with E-state index in [2.05, 4.69) is 33.2 Å². The lowest BCUT2D eigenvalue weighted by molar-refractivity contribution is -0.116. The summed E-state index contributed by atoms with van der Waals surface area (Å²) in [5.41, 5.74) is 3.07. The second kappa shape index (κ2) is 7.27. The van der Waals surface area contributed by atoms with Crippen LogP contribution in [0.5, 0.6) is 0 Å². The number of hydrogen-bond donors (Lipinski definition) is 1. The van der Waals surface area contributed by atoms with Crippen LogP contribution >= 0.6 is 0 Å². The first kappa shape index (κ1) is 16.1. The fourth-order valence-electron chi connectivity index (χ4n) is 3.11. The number of hydrogen-bond acceptors (Lipinski definition) is 2. The van der Waals surface area contributed by atoms with Crippen molar-refractivity contribution >= 4 is 22.5 Å². The summed E-state index contributed by atoms with van der Waals surface area (Å²) in [6.45, 7) is 1.35. The van der Waals surface area contributed by atoms with Crippen molar-refractivity contribution in [2.75, 3.05) is 5.32 Å². The van der Waals surface area contributed by atoms with Crippen LogP contribution in [0.25, 0.3) is 10.9 Å². The molecule has 0 aliphatic rings. The van der Waals surface area contributed by atoms with Crippen LogP contribution in [0.3, 0.4) is 0 Å². The molecule has 26 heavy (non-hydrogen) atoms. The number of carbonyl (C=O) groups excluding carboxylic acids is 1. The molecule has 0 radical (unpaired) electrons. The van der Waals surface area contributed by atoms with Crippen LogP contribution in [-0.2, 0) is 17.9 Å². The molecular weight excluding hydrogens is 324 g/mol.